The lowest BCUT2D eigenvalue weighted by molar-refractivity contribution is 0.0504. The van der Waals surface area contributed by atoms with Crippen molar-refractivity contribution < 1.29 is 9.47 Å². The van der Waals surface area contributed by atoms with Crippen LogP contribution in [0.2, 0.25) is 10.0 Å². The molecule has 2 N–H and O–H groups in total. The van der Waals surface area contributed by atoms with Gasteiger partial charge < -0.3 is 15.2 Å². The zero-order chi connectivity index (χ0) is 12.8. The average molecular weight is 278 g/mol. The molecule has 0 saturated carbocycles. The molecule has 0 fully saturated rings. The van der Waals surface area contributed by atoms with Gasteiger partial charge in [0.25, 0.3) is 0 Å². The predicted molar refractivity (Wildman–Crippen MR) is 70.9 cm³/mol. The molecule has 1 unspecified atom stereocenters. The number of hydrogen-bond acceptors (Lipinski definition) is 3. The molecule has 0 aliphatic carbocycles. The molecule has 0 amide bonds. The largest absolute Gasteiger partial charge is 0.466 e. The minimum absolute atomic E-state index is 0.0643. The Morgan fingerprint density at radius 1 is 1.35 bits per heavy atom. The smallest absolute Gasteiger partial charge is 0.188 e. The van der Waals surface area contributed by atoms with Crippen molar-refractivity contribution in [3.8, 4) is 5.75 Å². The van der Waals surface area contributed by atoms with Crippen LogP contribution in [0.25, 0.3) is 0 Å². The van der Waals surface area contributed by atoms with E-state index >= 15 is 0 Å². The third-order valence-electron chi connectivity index (χ3n) is 2.41. The van der Waals surface area contributed by atoms with E-state index in [-0.39, 0.29) is 12.8 Å². The summed E-state index contributed by atoms with van der Waals surface area (Å²) in [5, 5.41) is 1.06. The number of methoxy groups -OCH3 is 1. The van der Waals surface area contributed by atoms with Crippen molar-refractivity contribution in [2.75, 3.05) is 13.9 Å². The van der Waals surface area contributed by atoms with E-state index in [9.17, 15) is 0 Å². The standard InChI is InChI=1S/C12H17Cl2NO2/c1-3-10(15)5-8-4-9(13)6-11(14)12(8)17-7-16-2/h4,6,10H,3,5,7,15H2,1-2H3. The molecule has 5 heteroatoms. The highest BCUT2D eigenvalue weighted by molar-refractivity contribution is 6.35. The Morgan fingerprint density at radius 3 is 2.65 bits per heavy atom. The van der Waals surface area contributed by atoms with Crippen LogP contribution in [0, 0.1) is 0 Å². The Bertz CT molecular complexity index is 372. The van der Waals surface area contributed by atoms with Crippen LogP contribution in [0.5, 0.6) is 5.75 Å². The minimum atomic E-state index is 0.0643. The molecule has 0 spiro atoms. The maximum absolute atomic E-state index is 6.09. The summed E-state index contributed by atoms with van der Waals surface area (Å²) in [7, 11) is 1.56. The fourth-order valence-corrected chi connectivity index (χ4v) is 2.06. The quantitative estimate of drug-likeness (QED) is 0.812. The second kappa shape index (κ2) is 7.07. The molecular formula is C12H17Cl2NO2. The second-order valence-electron chi connectivity index (χ2n) is 3.80. The summed E-state index contributed by atoms with van der Waals surface area (Å²) in [6, 6.07) is 3.54. The van der Waals surface area contributed by atoms with Crippen molar-refractivity contribution in [3.63, 3.8) is 0 Å². The number of nitrogens with two attached hydrogens (primary N) is 1. The lowest BCUT2D eigenvalue weighted by atomic mass is 10.0. The van der Waals surface area contributed by atoms with Crippen molar-refractivity contribution in [1.82, 2.24) is 0 Å². The van der Waals surface area contributed by atoms with E-state index in [0.717, 1.165) is 12.0 Å². The molecule has 3 nitrogen and oxygen atoms in total. The molecule has 0 heterocycles. The Morgan fingerprint density at radius 2 is 2.06 bits per heavy atom. The molecule has 1 aromatic carbocycles. The average Bonchev–Trinajstić information content (AvgIpc) is 2.27. The van der Waals surface area contributed by atoms with Crippen LogP contribution in [-0.4, -0.2) is 19.9 Å². The van der Waals surface area contributed by atoms with Gasteiger partial charge in [0.1, 0.15) is 5.75 Å². The number of benzene rings is 1. The fraction of sp³-hybridized carbons (Fsp3) is 0.500. The molecule has 0 aromatic heterocycles. The monoisotopic (exact) mass is 277 g/mol. The summed E-state index contributed by atoms with van der Waals surface area (Å²) in [6.45, 7) is 2.18. The van der Waals surface area contributed by atoms with E-state index in [1.165, 1.54) is 0 Å². The Hall–Kier alpha value is -0.480. The molecule has 0 aliphatic heterocycles. The molecule has 17 heavy (non-hydrogen) atoms. The van der Waals surface area contributed by atoms with Gasteiger partial charge in [0.15, 0.2) is 6.79 Å². The van der Waals surface area contributed by atoms with Crippen molar-refractivity contribution in [2.45, 2.75) is 25.8 Å². The maximum Gasteiger partial charge on any atom is 0.188 e. The lowest BCUT2D eigenvalue weighted by Crippen LogP contribution is -2.22. The molecule has 1 rings (SSSR count). The van der Waals surface area contributed by atoms with Gasteiger partial charge in [0.05, 0.1) is 5.02 Å². The molecule has 0 radical (unpaired) electrons. The first kappa shape index (κ1) is 14.6. The van der Waals surface area contributed by atoms with Crippen LogP contribution in [0.15, 0.2) is 12.1 Å². The normalized spacial score (nSPS) is 12.5. The second-order valence-corrected chi connectivity index (χ2v) is 4.64. The van der Waals surface area contributed by atoms with Gasteiger partial charge in [-0.2, -0.15) is 0 Å². The zero-order valence-corrected chi connectivity index (χ0v) is 11.5. The van der Waals surface area contributed by atoms with Gasteiger partial charge in [0, 0.05) is 18.2 Å². The van der Waals surface area contributed by atoms with Crippen molar-refractivity contribution in [2.24, 2.45) is 5.73 Å². The highest BCUT2D eigenvalue weighted by Crippen LogP contribution is 2.33. The van der Waals surface area contributed by atoms with Crippen LogP contribution in [0.3, 0.4) is 0 Å². The first-order valence-corrected chi connectivity index (χ1v) is 6.19. The lowest BCUT2D eigenvalue weighted by Gasteiger charge is -2.15. The van der Waals surface area contributed by atoms with Crippen molar-refractivity contribution in [3.05, 3.63) is 27.7 Å². The van der Waals surface area contributed by atoms with Gasteiger partial charge >= 0.3 is 0 Å². The Labute approximate surface area is 112 Å². The molecule has 96 valence electrons. The Kier molecular flexibility index (Phi) is 6.06. The molecule has 0 bridgehead atoms. The molecule has 1 aromatic rings. The van der Waals surface area contributed by atoms with E-state index in [4.69, 9.17) is 38.4 Å². The first-order valence-electron chi connectivity index (χ1n) is 5.43. The van der Waals surface area contributed by atoms with Gasteiger partial charge in [-0.15, -0.1) is 0 Å². The highest BCUT2D eigenvalue weighted by atomic mass is 35.5. The van der Waals surface area contributed by atoms with Gasteiger partial charge in [-0.1, -0.05) is 30.1 Å². The van der Waals surface area contributed by atoms with E-state index in [1.54, 1.807) is 13.2 Å². The molecular weight excluding hydrogens is 261 g/mol. The summed E-state index contributed by atoms with van der Waals surface area (Å²) in [5.74, 6) is 0.599. The summed E-state index contributed by atoms with van der Waals surface area (Å²) < 4.78 is 10.3. The topological polar surface area (TPSA) is 44.5 Å². The van der Waals surface area contributed by atoms with Crippen molar-refractivity contribution in [1.29, 1.82) is 0 Å². The third-order valence-corrected chi connectivity index (χ3v) is 2.91. The Balaban J connectivity index is 2.97. The van der Waals surface area contributed by atoms with Gasteiger partial charge in [-0.3, -0.25) is 0 Å². The maximum atomic E-state index is 6.09. The van der Waals surface area contributed by atoms with Crippen LogP contribution in [-0.2, 0) is 11.2 Å². The van der Waals surface area contributed by atoms with E-state index < -0.39 is 0 Å². The minimum Gasteiger partial charge on any atom is -0.466 e. The van der Waals surface area contributed by atoms with E-state index in [2.05, 4.69) is 0 Å². The SMILES string of the molecule is CCC(N)Cc1cc(Cl)cc(Cl)c1OCOC. The molecule has 0 aliphatic rings. The number of hydrogen-bond donors (Lipinski definition) is 1. The van der Waals surface area contributed by atoms with Crippen LogP contribution < -0.4 is 10.5 Å². The summed E-state index contributed by atoms with van der Waals surface area (Å²) in [6.07, 6.45) is 1.56. The predicted octanol–water partition coefficient (Wildman–Crippen LogP) is 3.26. The number of halogens is 2. The van der Waals surface area contributed by atoms with Gasteiger partial charge in [-0.05, 0) is 30.5 Å². The van der Waals surface area contributed by atoms with Crippen LogP contribution >= 0.6 is 23.2 Å². The summed E-state index contributed by atoms with van der Waals surface area (Å²) in [4.78, 5) is 0. The molecule has 1 atom stereocenters. The highest BCUT2D eigenvalue weighted by Gasteiger charge is 2.13. The molecule has 0 saturated heterocycles. The van der Waals surface area contributed by atoms with Crippen molar-refractivity contribution >= 4 is 23.2 Å². The van der Waals surface area contributed by atoms with Gasteiger partial charge in [0.2, 0.25) is 0 Å². The van der Waals surface area contributed by atoms with Crippen LogP contribution in [0.1, 0.15) is 18.9 Å². The first-order chi connectivity index (χ1) is 8.08. The zero-order valence-electron chi connectivity index (χ0n) is 10.0. The summed E-state index contributed by atoms with van der Waals surface area (Å²) in [5.41, 5.74) is 6.84. The van der Waals surface area contributed by atoms with Gasteiger partial charge in [-0.25, -0.2) is 0 Å². The fourth-order valence-electron chi connectivity index (χ4n) is 1.47. The van der Waals surface area contributed by atoms with Crippen LogP contribution in [0.4, 0.5) is 0 Å². The van der Waals surface area contributed by atoms with E-state index in [0.29, 0.717) is 22.2 Å². The number of ether oxygens (including phenoxy) is 2. The summed E-state index contributed by atoms with van der Waals surface area (Å²) >= 11 is 12.1. The third kappa shape index (κ3) is 4.36. The number of rotatable bonds is 6. The van der Waals surface area contributed by atoms with E-state index in [1.807, 2.05) is 13.0 Å².